The van der Waals surface area contributed by atoms with Crippen molar-refractivity contribution >= 4 is 11.9 Å². The summed E-state index contributed by atoms with van der Waals surface area (Å²) in [7, 11) is 3.19. The number of likely N-dealkylation sites (tertiary alicyclic amines) is 1. The van der Waals surface area contributed by atoms with Crippen LogP contribution in [0.15, 0.2) is 4.99 Å². The van der Waals surface area contributed by atoms with Gasteiger partial charge < -0.3 is 15.1 Å². The van der Waals surface area contributed by atoms with E-state index in [1.807, 2.05) is 11.8 Å². The molecule has 0 bridgehead atoms. The van der Waals surface area contributed by atoms with E-state index < -0.39 is 12.7 Å². The molecule has 2 aliphatic heterocycles. The predicted octanol–water partition coefficient (Wildman–Crippen LogP) is 1.07. The van der Waals surface area contributed by atoms with Crippen LogP contribution >= 0.6 is 0 Å². The lowest BCUT2D eigenvalue weighted by Crippen LogP contribution is -2.57. The Kier molecular flexibility index (Phi) is 9.01. The molecule has 2 aliphatic rings. The third kappa shape index (κ3) is 7.65. The van der Waals surface area contributed by atoms with Gasteiger partial charge in [-0.15, -0.1) is 0 Å². The molecule has 0 radical (unpaired) electrons. The van der Waals surface area contributed by atoms with Crippen molar-refractivity contribution < 1.29 is 18.0 Å². The number of hydrogen-bond donors (Lipinski definition) is 1. The summed E-state index contributed by atoms with van der Waals surface area (Å²) in [6, 6.07) is -0.102. The van der Waals surface area contributed by atoms with Gasteiger partial charge in [0.05, 0.1) is 12.6 Å². The molecule has 29 heavy (non-hydrogen) atoms. The van der Waals surface area contributed by atoms with Gasteiger partial charge in [-0.25, -0.2) is 0 Å². The summed E-state index contributed by atoms with van der Waals surface area (Å²) in [5.41, 5.74) is 0. The number of nitrogens with one attached hydrogen (secondary N) is 1. The minimum absolute atomic E-state index is 0.102. The van der Waals surface area contributed by atoms with Gasteiger partial charge in [0.15, 0.2) is 5.96 Å². The Morgan fingerprint density at radius 1 is 1.10 bits per heavy atom. The summed E-state index contributed by atoms with van der Waals surface area (Å²) in [5, 5.41) is 3.24. The highest BCUT2D eigenvalue weighted by molar-refractivity contribution is 5.82. The monoisotopic (exact) mass is 420 g/mol. The van der Waals surface area contributed by atoms with Gasteiger partial charge in [-0.2, -0.15) is 13.2 Å². The second kappa shape index (κ2) is 11.0. The van der Waals surface area contributed by atoms with Crippen LogP contribution in [0.5, 0.6) is 0 Å². The number of piperazine rings is 1. The number of amides is 1. The van der Waals surface area contributed by atoms with Crippen LogP contribution in [0, 0.1) is 0 Å². The van der Waals surface area contributed by atoms with Crippen LogP contribution in [0.2, 0.25) is 0 Å². The largest absolute Gasteiger partial charge is 0.401 e. The summed E-state index contributed by atoms with van der Waals surface area (Å²) in [4.78, 5) is 24.5. The number of hydrogen-bond acceptors (Lipinski definition) is 4. The Morgan fingerprint density at radius 3 is 2.28 bits per heavy atom. The Balaban J connectivity index is 1.69. The number of rotatable bonds is 7. The van der Waals surface area contributed by atoms with E-state index in [0.29, 0.717) is 19.5 Å². The fraction of sp³-hybridized carbons (Fsp3) is 0.895. The molecule has 168 valence electrons. The van der Waals surface area contributed by atoms with E-state index in [1.54, 1.807) is 7.05 Å². The first kappa shape index (κ1) is 23.7. The molecule has 7 nitrogen and oxygen atoms in total. The first-order valence-electron chi connectivity index (χ1n) is 10.4. The SMILES string of the molecule is CN=C(NCCCN(C)CC(F)(F)F)N1CCN(C(C)C(=O)N2CCCC2)CC1. The van der Waals surface area contributed by atoms with Gasteiger partial charge in [0, 0.05) is 52.9 Å². The van der Waals surface area contributed by atoms with Crippen LogP contribution < -0.4 is 5.32 Å². The molecule has 2 fully saturated rings. The van der Waals surface area contributed by atoms with E-state index in [9.17, 15) is 18.0 Å². The lowest BCUT2D eigenvalue weighted by Gasteiger charge is -2.39. The normalized spacial score (nSPS) is 20.4. The molecule has 10 heteroatoms. The molecule has 0 aromatic carbocycles. The number of aliphatic imine (C=N–C) groups is 1. The Hall–Kier alpha value is -1.55. The van der Waals surface area contributed by atoms with E-state index in [2.05, 4.69) is 20.1 Å². The molecule has 2 saturated heterocycles. The summed E-state index contributed by atoms with van der Waals surface area (Å²) in [6.45, 7) is 6.89. The fourth-order valence-corrected chi connectivity index (χ4v) is 3.95. The van der Waals surface area contributed by atoms with Gasteiger partial charge >= 0.3 is 6.18 Å². The van der Waals surface area contributed by atoms with Crippen molar-refractivity contribution in [2.45, 2.75) is 38.4 Å². The standard InChI is InChI=1S/C19H35F3N6O/c1-16(17(29)27-9-4-5-10-27)26-11-13-28(14-12-26)18(23-2)24-7-6-8-25(3)15-19(20,21)22/h16H,4-15H2,1-3H3,(H,23,24). The zero-order valence-electron chi connectivity index (χ0n) is 17.8. The molecule has 1 amide bonds. The third-order valence-electron chi connectivity index (χ3n) is 5.60. The van der Waals surface area contributed by atoms with Gasteiger partial charge in [-0.05, 0) is 39.8 Å². The van der Waals surface area contributed by atoms with Crippen molar-refractivity contribution in [3.63, 3.8) is 0 Å². The Morgan fingerprint density at radius 2 is 1.72 bits per heavy atom. The van der Waals surface area contributed by atoms with Crippen LogP contribution in [-0.4, -0.2) is 117 Å². The quantitative estimate of drug-likeness (QED) is 0.380. The summed E-state index contributed by atoms with van der Waals surface area (Å²) < 4.78 is 37.1. The molecule has 0 aliphatic carbocycles. The molecule has 1 N–H and O–H groups in total. The molecule has 1 atom stereocenters. The van der Waals surface area contributed by atoms with Gasteiger partial charge in [0.1, 0.15) is 0 Å². The molecular formula is C19H35F3N6O. The number of nitrogens with zero attached hydrogens (tertiary/aromatic N) is 5. The number of alkyl halides is 3. The van der Waals surface area contributed by atoms with Crippen molar-refractivity contribution in [3.05, 3.63) is 0 Å². The molecule has 2 rings (SSSR count). The fourth-order valence-electron chi connectivity index (χ4n) is 3.95. The van der Waals surface area contributed by atoms with Crippen LogP contribution in [0.25, 0.3) is 0 Å². The maximum absolute atomic E-state index is 12.6. The minimum atomic E-state index is -4.16. The average Bonchev–Trinajstić information content (AvgIpc) is 3.20. The van der Waals surface area contributed by atoms with Crippen molar-refractivity contribution in [1.82, 2.24) is 24.9 Å². The molecule has 0 saturated carbocycles. The van der Waals surface area contributed by atoms with Crippen LogP contribution in [0.3, 0.4) is 0 Å². The molecule has 1 unspecified atom stereocenters. The van der Waals surface area contributed by atoms with E-state index in [0.717, 1.165) is 58.1 Å². The second-order valence-electron chi connectivity index (χ2n) is 7.91. The number of halogens is 3. The van der Waals surface area contributed by atoms with Crippen LogP contribution in [-0.2, 0) is 4.79 Å². The van der Waals surface area contributed by atoms with Gasteiger partial charge in [-0.1, -0.05) is 0 Å². The highest BCUT2D eigenvalue weighted by atomic mass is 19.4. The zero-order valence-corrected chi connectivity index (χ0v) is 17.8. The van der Waals surface area contributed by atoms with Gasteiger partial charge in [-0.3, -0.25) is 19.6 Å². The van der Waals surface area contributed by atoms with E-state index >= 15 is 0 Å². The average molecular weight is 421 g/mol. The van der Waals surface area contributed by atoms with Crippen molar-refractivity contribution in [2.75, 3.05) is 73.0 Å². The predicted molar refractivity (Wildman–Crippen MR) is 108 cm³/mol. The number of guanidine groups is 1. The lowest BCUT2D eigenvalue weighted by molar-refractivity contribution is -0.143. The smallest absolute Gasteiger partial charge is 0.356 e. The lowest BCUT2D eigenvalue weighted by atomic mass is 10.2. The molecular weight excluding hydrogens is 385 g/mol. The Labute approximate surface area is 171 Å². The first-order valence-corrected chi connectivity index (χ1v) is 10.4. The zero-order chi connectivity index (χ0) is 21.4. The topological polar surface area (TPSA) is 54.4 Å². The third-order valence-corrected chi connectivity index (χ3v) is 5.60. The summed E-state index contributed by atoms with van der Waals surface area (Å²) >= 11 is 0. The van der Waals surface area contributed by atoms with Crippen molar-refractivity contribution in [2.24, 2.45) is 4.99 Å². The van der Waals surface area contributed by atoms with Crippen molar-refractivity contribution in [1.29, 1.82) is 0 Å². The molecule has 2 heterocycles. The summed E-state index contributed by atoms with van der Waals surface area (Å²) in [6.07, 6.45) is -1.36. The van der Waals surface area contributed by atoms with Crippen LogP contribution in [0.4, 0.5) is 13.2 Å². The van der Waals surface area contributed by atoms with Gasteiger partial charge in [0.2, 0.25) is 5.91 Å². The molecule has 0 spiro atoms. The molecule has 0 aromatic heterocycles. The number of carbonyl (C=O) groups is 1. The van der Waals surface area contributed by atoms with Crippen LogP contribution in [0.1, 0.15) is 26.2 Å². The van der Waals surface area contributed by atoms with E-state index in [-0.39, 0.29) is 11.9 Å². The number of carbonyl (C=O) groups excluding carboxylic acids is 1. The highest BCUT2D eigenvalue weighted by Crippen LogP contribution is 2.16. The van der Waals surface area contributed by atoms with E-state index in [4.69, 9.17) is 0 Å². The maximum Gasteiger partial charge on any atom is 0.401 e. The minimum Gasteiger partial charge on any atom is -0.356 e. The summed E-state index contributed by atoms with van der Waals surface area (Å²) in [5.74, 6) is 0.989. The van der Waals surface area contributed by atoms with Gasteiger partial charge in [0.25, 0.3) is 0 Å². The Bertz CT molecular complexity index is 543. The second-order valence-corrected chi connectivity index (χ2v) is 7.91. The molecule has 0 aromatic rings. The van der Waals surface area contributed by atoms with Crippen molar-refractivity contribution in [3.8, 4) is 0 Å². The maximum atomic E-state index is 12.6. The highest BCUT2D eigenvalue weighted by Gasteiger charge is 2.31. The first-order chi connectivity index (χ1) is 13.7. The van der Waals surface area contributed by atoms with E-state index in [1.165, 1.54) is 11.9 Å².